The number of aromatic nitrogens is 3. The molecule has 2 N–H and O–H groups in total. The number of nitrogens with one attached hydrogen (secondary N) is 2. The van der Waals surface area contributed by atoms with Crippen molar-refractivity contribution in [3.63, 3.8) is 0 Å². The van der Waals surface area contributed by atoms with Crippen molar-refractivity contribution in [1.82, 2.24) is 20.1 Å². The van der Waals surface area contributed by atoms with E-state index in [2.05, 4.69) is 26.9 Å². The van der Waals surface area contributed by atoms with Gasteiger partial charge in [0.05, 0.1) is 12.6 Å². The Bertz CT molecular complexity index is 622. The predicted octanol–water partition coefficient (Wildman–Crippen LogP) is 0.858. The molecule has 0 radical (unpaired) electrons. The lowest BCUT2D eigenvalue weighted by Gasteiger charge is -2.14. The quantitative estimate of drug-likeness (QED) is 0.868. The average molecular weight is 271 g/mol. The predicted molar refractivity (Wildman–Crippen MR) is 75.0 cm³/mol. The third-order valence-corrected chi connectivity index (χ3v) is 3.61. The van der Waals surface area contributed by atoms with Crippen LogP contribution in [0.2, 0.25) is 0 Å². The third kappa shape index (κ3) is 2.55. The van der Waals surface area contributed by atoms with Gasteiger partial charge in [0.1, 0.15) is 12.2 Å². The summed E-state index contributed by atoms with van der Waals surface area (Å²) in [5.41, 5.74) is 2.10. The van der Waals surface area contributed by atoms with Crippen molar-refractivity contribution in [2.24, 2.45) is 7.05 Å². The van der Waals surface area contributed by atoms with Gasteiger partial charge < -0.3 is 9.88 Å². The molecule has 0 saturated heterocycles. The number of hydrogen-bond acceptors (Lipinski definition) is 4. The first-order chi connectivity index (χ1) is 9.74. The SMILES string of the molecule is Cn1cnnc1CNC1CCc2ccccc2NC1=O. The highest BCUT2D eigenvalue weighted by Crippen LogP contribution is 2.21. The monoisotopic (exact) mass is 271 g/mol. The van der Waals surface area contributed by atoms with Crippen molar-refractivity contribution in [2.45, 2.75) is 25.4 Å². The van der Waals surface area contributed by atoms with Crippen LogP contribution in [-0.4, -0.2) is 26.7 Å². The van der Waals surface area contributed by atoms with Crippen molar-refractivity contribution in [2.75, 3.05) is 5.32 Å². The van der Waals surface area contributed by atoms with Gasteiger partial charge >= 0.3 is 0 Å². The van der Waals surface area contributed by atoms with Gasteiger partial charge in [-0.2, -0.15) is 0 Å². The van der Waals surface area contributed by atoms with E-state index in [4.69, 9.17) is 0 Å². The topological polar surface area (TPSA) is 71.8 Å². The molecule has 3 rings (SSSR count). The van der Waals surface area contributed by atoms with Crippen LogP contribution in [0.1, 0.15) is 17.8 Å². The van der Waals surface area contributed by atoms with Crippen molar-refractivity contribution >= 4 is 11.6 Å². The standard InChI is InChI=1S/C14H17N5O/c1-19-9-16-18-13(19)8-15-12-7-6-10-4-2-3-5-11(10)17-14(12)20/h2-5,9,12,15H,6-8H2,1H3,(H,17,20). The number of nitrogens with zero attached hydrogens (tertiary/aromatic N) is 3. The maximum Gasteiger partial charge on any atom is 0.241 e. The number of amides is 1. The molecule has 0 bridgehead atoms. The Hall–Kier alpha value is -2.21. The molecular formula is C14H17N5O. The maximum absolute atomic E-state index is 12.2. The smallest absolute Gasteiger partial charge is 0.241 e. The van der Waals surface area contributed by atoms with Crippen molar-refractivity contribution < 1.29 is 4.79 Å². The molecule has 1 aromatic carbocycles. The van der Waals surface area contributed by atoms with Crippen LogP contribution in [0.25, 0.3) is 0 Å². The molecule has 1 amide bonds. The fourth-order valence-electron chi connectivity index (χ4n) is 2.39. The Morgan fingerprint density at radius 3 is 3.10 bits per heavy atom. The van der Waals surface area contributed by atoms with E-state index in [0.29, 0.717) is 6.54 Å². The van der Waals surface area contributed by atoms with Crippen LogP contribution in [-0.2, 0) is 24.8 Å². The van der Waals surface area contributed by atoms with Gasteiger partial charge in [0.25, 0.3) is 0 Å². The van der Waals surface area contributed by atoms with Crippen LogP contribution in [0.3, 0.4) is 0 Å². The first kappa shape index (κ1) is 12.8. The van der Waals surface area contributed by atoms with Gasteiger partial charge in [-0.25, -0.2) is 0 Å². The molecule has 1 aliphatic rings. The van der Waals surface area contributed by atoms with Gasteiger partial charge in [-0.1, -0.05) is 18.2 Å². The molecule has 104 valence electrons. The summed E-state index contributed by atoms with van der Waals surface area (Å²) in [5, 5.41) is 14.1. The number of fused-ring (bicyclic) bond motifs is 1. The van der Waals surface area contributed by atoms with Gasteiger partial charge in [-0.05, 0) is 24.5 Å². The van der Waals surface area contributed by atoms with Gasteiger partial charge in [0.2, 0.25) is 5.91 Å². The molecule has 6 heteroatoms. The van der Waals surface area contributed by atoms with E-state index < -0.39 is 0 Å². The van der Waals surface area contributed by atoms with Gasteiger partial charge in [0, 0.05) is 12.7 Å². The molecular weight excluding hydrogens is 254 g/mol. The van der Waals surface area contributed by atoms with Gasteiger partial charge in [-0.3, -0.25) is 10.1 Å². The number of benzene rings is 1. The summed E-state index contributed by atoms with van der Waals surface area (Å²) < 4.78 is 1.84. The Labute approximate surface area is 117 Å². The van der Waals surface area contributed by atoms with E-state index in [1.54, 1.807) is 6.33 Å². The summed E-state index contributed by atoms with van der Waals surface area (Å²) in [5.74, 6) is 0.830. The van der Waals surface area contributed by atoms with Crippen LogP contribution >= 0.6 is 0 Å². The Balaban J connectivity index is 1.67. The van der Waals surface area contributed by atoms with E-state index in [1.165, 1.54) is 5.56 Å². The molecule has 1 atom stereocenters. The summed E-state index contributed by atoms with van der Waals surface area (Å²) in [6, 6.07) is 7.73. The molecule has 6 nitrogen and oxygen atoms in total. The summed E-state index contributed by atoms with van der Waals surface area (Å²) in [7, 11) is 1.89. The highest BCUT2D eigenvalue weighted by Gasteiger charge is 2.23. The van der Waals surface area contributed by atoms with Crippen LogP contribution in [0.4, 0.5) is 5.69 Å². The summed E-state index contributed by atoms with van der Waals surface area (Å²) >= 11 is 0. The van der Waals surface area contributed by atoms with Crippen LogP contribution < -0.4 is 10.6 Å². The number of aryl methyl sites for hydroxylation is 2. The lowest BCUT2D eigenvalue weighted by Crippen LogP contribution is -2.39. The number of carbonyl (C=O) groups excluding carboxylic acids is 1. The number of anilines is 1. The van der Waals surface area contributed by atoms with Crippen molar-refractivity contribution in [1.29, 1.82) is 0 Å². The second-order valence-corrected chi connectivity index (χ2v) is 4.98. The Morgan fingerprint density at radius 1 is 1.45 bits per heavy atom. The minimum atomic E-state index is -0.209. The molecule has 1 unspecified atom stereocenters. The number of para-hydroxylation sites is 1. The highest BCUT2D eigenvalue weighted by atomic mass is 16.2. The fourth-order valence-corrected chi connectivity index (χ4v) is 2.39. The lowest BCUT2D eigenvalue weighted by molar-refractivity contribution is -0.118. The van der Waals surface area contributed by atoms with Gasteiger partial charge in [-0.15, -0.1) is 10.2 Å². The first-order valence-electron chi connectivity index (χ1n) is 6.69. The summed E-state index contributed by atoms with van der Waals surface area (Å²) in [6.07, 6.45) is 3.31. The van der Waals surface area contributed by atoms with E-state index in [9.17, 15) is 4.79 Å². The molecule has 0 saturated carbocycles. The van der Waals surface area contributed by atoms with E-state index in [-0.39, 0.29) is 11.9 Å². The minimum Gasteiger partial charge on any atom is -0.324 e. The maximum atomic E-state index is 12.2. The normalized spacial score (nSPS) is 18.2. The molecule has 0 aliphatic carbocycles. The van der Waals surface area contributed by atoms with Gasteiger partial charge in [0.15, 0.2) is 0 Å². The van der Waals surface area contributed by atoms with Crippen LogP contribution in [0.5, 0.6) is 0 Å². The van der Waals surface area contributed by atoms with Crippen molar-refractivity contribution in [3.05, 3.63) is 42.0 Å². The molecule has 1 aromatic heterocycles. The van der Waals surface area contributed by atoms with Crippen LogP contribution in [0, 0.1) is 0 Å². The zero-order valence-electron chi connectivity index (χ0n) is 11.3. The number of hydrogen-bond donors (Lipinski definition) is 2. The first-order valence-corrected chi connectivity index (χ1v) is 6.69. The molecule has 2 aromatic rings. The lowest BCUT2D eigenvalue weighted by atomic mass is 10.1. The summed E-state index contributed by atoms with van der Waals surface area (Å²) in [6.45, 7) is 0.533. The molecule has 0 spiro atoms. The number of rotatable bonds is 3. The average Bonchev–Trinajstić information content (AvgIpc) is 2.78. The molecule has 0 fully saturated rings. The molecule has 1 aliphatic heterocycles. The highest BCUT2D eigenvalue weighted by molar-refractivity contribution is 5.96. The zero-order chi connectivity index (χ0) is 13.9. The third-order valence-electron chi connectivity index (χ3n) is 3.61. The number of carbonyl (C=O) groups is 1. The second-order valence-electron chi connectivity index (χ2n) is 4.98. The second kappa shape index (κ2) is 5.42. The minimum absolute atomic E-state index is 0.0112. The molecule has 20 heavy (non-hydrogen) atoms. The Morgan fingerprint density at radius 2 is 2.30 bits per heavy atom. The van der Waals surface area contributed by atoms with E-state index >= 15 is 0 Å². The van der Waals surface area contributed by atoms with Crippen LogP contribution in [0.15, 0.2) is 30.6 Å². The van der Waals surface area contributed by atoms with Crippen molar-refractivity contribution in [3.8, 4) is 0 Å². The fraction of sp³-hybridized carbons (Fsp3) is 0.357. The molecule has 2 heterocycles. The Kier molecular flexibility index (Phi) is 3.47. The van der Waals surface area contributed by atoms with E-state index in [0.717, 1.165) is 24.4 Å². The zero-order valence-corrected chi connectivity index (χ0v) is 11.3. The van der Waals surface area contributed by atoms with E-state index in [1.807, 2.05) is 29.8 Å². The largest absolute Gasteiger partial charge is 0.324 e. The summed E-state index contributed by atoms with van der Waals surface area (Å²) in [4.78, 5) is 12.2.